The van der Waals surface area contributed by atoms with E-state index in [-0.39, 0.29) is 29.7 Å². The molecule has 4 rings (SSSR count). The standard InChI is InChI=1S/C18H16F3N5O3S/c19-11-3-1-2-10(6-11)15-7-12(20)9-25(15)14-4-5-26-17(16(14)21)13(8-23-26)18(27)24-30(22,28)29/h1-6,8,12,15H,7,9H2,(H,24,27)(H2,22,28,29). The van der Waals surface area contributed by atoms with Gasteiger partial charge in [0.05, 0.1) is 23.5 Å². The molecule has 0 radical (unpaired) electrons. The average molecular weight is 439 g/mol. The summed E-state index contributed by atoms with van der Waals surface area (Å²) in [6.45, 7) is -0.138. The molecule has 1 aliphatic heterocycles. The highest BCUT2D eigenvalue weighted by molar-refractivity contribution is 7.87. The van der Waals surface area contributed by atoms with Gasteiger partial charge in [0.1, 0.15) is 17.5 Å². The van der Waals surface area contributed by atoms with E-state index in [1.807, 2.05) is 0 Å². The lowest BCUT2D eigenvalue weighted by Gasteiger charge is -2.27. The van der Waals surface area contributed by atoms with Gasteiger partial charge >= 0.3 is 0 Å². The molecule has 1 fully saturated rings. The predicted octanol–water partition coefficient (Wildman–Crippen LogP) is 1.84. The molecule has 3 heterocycles. The van der Waals surface area contributed by atoms with Crippen molar-refractivity contribution in [2.45, 2.75) is 18.6 Å². The highest BCUT2D eigenvalue weighted by Gasteiger charge is 2.36. The number of nitrogens with one attached hydrogen (secondary N) is 1. The van der Waals surface area contributed by atoms with Crippen molar-refractivity contribution in [3.05, 3.63) is 65.5 Å². The van der Waals surface area contributed by atoms with Gasteiger partial charge in [0.25, 0.3) is 16.1 Å². The van der Waals surface area contributed by atoms with E-state index in [4.69, 9.17) is 5.14 Å². The first-order valence-electron chi connectivity index (χ1n) is 8.81. The number of hydrogen-bond acceptors (Lipinski definition) is 5. The third-order valence-electron chi connectivity index (χ3n) is 4.87. The molecular formula is C18H16F3N5O3S. The van der Waals surface area contributed by atoms with Crippen LogP contribution in [0.2, 0.25) is 0 Å². The summed E-state index contributed by atoms with van der Waals surface area (Å²) in [7, 11) is -4.37. The number of carbonyl (C=O) groups excluding carboxylic acids is 1. The number of amides is 1. The number of anilines is 1. The van der Waals surface area contributed by atoms with E-state index < -0.39 is 40.0 Å². The first-order valence-corrected chi connectivity index (χ1v) is 10.4. The lowest BCUT2D eigenvalue weighted by atomic mass is 10.0. The Bertz CT molecular complexity index is 1250. The van der Waals surface area contributed by atoms with Crippen LogP contribution in [0, 0.1) is 11.6 Å². The molecule has 1 amide bonds. The van der Waals surface area contributed by atoms with E-state index in [1.54, 1.807) is 10.8 Å². The van der Waals surface area contributed by atoms with Gasteiger partial charge in [-0.15, -0.1) is 0 Å². The minimum absolute atomic E-state index is 0.0259. The minimum Gasteiger partial charge on any atom is -0.359 e. The van der Waals surface area contributed by atoms with Gasteiger partial charge in [-0.25, -0.2) is 27.5 Å². The first kappa shape index (κ1) is 20.2. The molecule has 2 aromatic heterocycles. The maximum absolute atomic E-state index is 15.4. The molecule has 2 unspecified atom stereocenters. The quantitative estimate of drug-likeness (QED) is 0.645. The van der Waals surface area contributed by atoms with Crippen LogP contribution in [0.15, 0.2) is 42.7 Å². The molecule has 1 aliphatic rings. The number of aromatic nitrogens is 2. The number of nitrogens with zero attached hydrogens (tertiary/aromatic N) is 3. The largest absolute Gasteiger partial charge is 0.359 e. The molecule has 158 valence electrons. The van der Waals surface area contributed by atoms with Gasteiger partial charge in [-0.3, -0.25) is 4.79 Å². The van der Waals surface area contributed by atoms with Crippen molar-refractivity contribution < 1.29 is 26.4 Å². The SMILES string of the molecule is NS(=O)(=O)NC(=O)c1cnn2ccc(N3CC(F)CC3c3cccc(F)c3)c(F)c12. The third-order valence-corrected chi connectivity index (χ3v) is 5.34. The topological polar surface area (TPSA) is 110 Å². The van der Waals surface area contributed by atoms with Gasteiger partial charge in [-0.1, -0.05) is 12.1 Å². The normalized spacial score (nSPS) is 19.4. The van der Waals surface area contributed by atoms with Gasteiger partial charge in [0, 0.05) is 19.2 Å². The first-order chi connectivity index (χ1) is 14.1. The molecule has 3 aromatic rings. The minimum atomic E-state index is -4.37. The highest BCUT2D eigenvalue weighted by atomic mass is 32.2. The summed E-state index contributed by atoms with van der Waals surface area (Å²) >= 11 is 0. The number of pyridine rings is 1. The van der Waals surface area contributed by atoms with Crippen molar-refractivity contribution >= 4 is 27.3 Å². The fourth-order valence-electron chi connectivity index (χ4n) is 3.68. The fourth-order valence-corrected chi connectivity index (χ4v) is 4.05. The molecule has 0 aliphatic carbocycles. The van der Waals surface area contributed by atoms with Crippen LogP contribution in [0.5, 0.6) is 0 Å². The molecule has 0 spiro atoms. The summed E-state index contributed by atoms with van der Waals surface area (Å²) in [6.07, 6.45) is 1.11. The fraction of sp³-hybridized carbons (Fsp3) is 0.222. The zero-order valence-electron chi connectivity index (χ0n) is 15.3. The second kappa shape index (κ2) is 7.29. The molecular weight excluding hydrogens is 423 g/mol. The van der Waals surface area contributed by atoms with Crippen molar-refractivity contribution in [3.63, 3.8) is 0 Å². The van der Waals surface area contributed by atoms with Crippen LogP contribution >= 0.6 is 0 Å². The van der Waals surface area contributed by atoms with Gasteiger partial charge in [-0.2, -0.15) is 13.5 Å². The van der Waals surface area contributed by atoms with Crippen molar-refractivity contribution in [3.8, 4) is 0 Å². The summed E-state index contributed by atoms with van der Waals surface area (Å²) in [5.74, 6) is -2.55. The summed E-state index contributed by atoms with van der Waals surface area (Å²) in [4.78, 5) is 13.6. The van der Waals surface area contributed by atoms with Crippen LogP contribution in [-0.2, 0) is 10.2 Å². The number of carbonyl (C=O) groups is 1. The van der Waals surface area contributed by atoms with Gasteiger partial charge in [0.15, 0.2) is 5.82 Å². The van der Waals surface area contributed by atoms with Crippen LogP contribution in [0.4, 0.5) is 18.9 Å². The van der Waals surface area contributed by atoms with Crippen molar-refractivity contribution in [2.24, 2.45) is 5.14 Å². The Balaban J connectivity index is 1.79. The Labute approximate surface area is 169 Å². The smallest absolute Gasteiger partial charge is 0.298 e. The number of benzene rings is 1. The number of fused-ring (bicyclic) bond motifs is 1. The van der Waals surface area contributed by atoms with Crippen LogP contribution in [0.3, 0.4) is 0 Å². The molecule has 2 atom stereocenters. The lowest BCUT2D eigenvalue weighted by molar-refractivity contribution is 0.0982. The Kier molecular flexibility index (Phi) is 4.90. The maximum atomic E-state index is 15.4. The predicted molar refractivity (Wildman–Crippen MR) is 102 cm³/mol. The zero-order chi connectivity index (χ0) is 21.6. The number of hydrogen-bond donors (Lipinski definition) is 2. The summed E-state index contributed by atoms with van der Waals surface area (Å²) in [5.41, 5.74) is -0.201. The second-order valence-electron chi connectivity index (χ2n) is 6.90. The average Bonchev–Trinajstić information content (AvgIpc) is 3.25. The molecule has 0 bridgehead atoms. The molecule has 0 saturated carbocycles. The number of rotatable bonds is 4. The van der Waals surface area contributed by atoms with Gasteiger partial charge < -0.3 is 4.90 Å². The highest BCUT2D eigenvalue weighted by Crippen LogP contribution is 2.39. The Hall–Kier alpha value is -3.12. The summed E-state index contributed by atoms with van der Waals surface area (Å²) < 4.78 is 68.3. The molecule has 1 aromatic carbocycles. The van der Waals surface area contributed by atoms with Gasteiger partial charge in [-0.05, 0) is 23.8 Å². The Morgan fingerprint density at radius 2 is 2.03 bits per heavy atom. The van der Waals surface area contributed by atoms with E-state index in [0.717, 1.165) is 10.7 Å². The van der Waals surface area contributed by atoms with Crippen molar-refractivity contribution in [2.75, 3.05) is 11.4 Å². The van der Waals surface area contributed by atoms with Gasteiger partial charge in [0.2, 0.25) is 0 Å². The lowest BCUT2D eigenvalue weighted by Crippen LogP contribution is -2.36. The molecule has 3 N–H and O–H groups in total. The second-order valence-corrected chi connectivity index (χ2v) is 8.19. The molecule has 12 heteroatoms. The number of alkyl halides is 1. The van der Waals surface area contributed by atoms with E-state index in [9.17, 15) is 22.0 Å². The summed E-state index contributed by atoms with van der Waals surface area (Å²) in [5, 5.41) is 8.64. The van der Waals surface area contributed by atoms with Crippen LogP contribution in [0.1, 0.15) is 28.4 Å². The third kappa shape index (κ3) is 3.71. The maximum Gasteiger partial charge on any atom is 0.298 e. The van der Waals surface area contributed by atoms with E-state index >= 15 is 4.39 Å². The molecule has 30 heavy (non-hydrogen) atoms. The van der Waals surface area contributed by atoms with Crippen LogP contribution in [-0.4, -0.2) is 36.7 Å². The van der Waals surface area contributed by atoms with Crippen LogP contribution in [0.25, 0.3) is 5.52 Å². The Morgan fingerprint density at radius 3 is 2.73 bits per heavy atom. The monoisotopic (exact) mass is 439 g/mol. The van der Waals surface area contributed by atoms with E-state index in [1.165, 1.54) is 35.4 Å². The zero-order valence-corrected chi connectivity index (χ0v) is 16.1. The van der Waals surface area contributed by atoms with E-state index in [2.05, 4.69) is 5.10 Å². The number of nitrogens with two attached hydrogens (primary N) is 1. The van der Waals surface area contributed by atoms with Crippen molar-refractivity contribution in [1.82, 2.24) is 14.3 Å². The molecule has 1 saturated heterocycles. The molecule has 8 nitrogen and oxygen atoms in total. The summed E-state index contributed by atoms with van der Waals surface area (Å²) in [6, 6.07) is 6.36. The van der Waals surface area contributed by atoms with Crippen molar-refractivity contribution in [1.29, 1.82) is 0 Å². The number of halogens is 3. The Morgan fingerprint density at radius 1 is 1.27 bits per heavy atom. The van der Waals surface area contributed by atoms with Crippen LogP contribution < -0.4 is 14.8 Å². The van der Waals surface area contributed by atoms with E-state index in [0.29, 0.717) is 5.56 Å².